The van der Waals surface area contributed by atoms with Gasteiger partial charge in [-0.3, -0.25) is 19.3 Å². The van der Waals surface area contributed by atoms with E-state index in [-0.39, 0.29) is 42.4 Å². The minimum atomic E-state index is -0.575. The van der Waals surface area contributed by atoms with E-state index in [1.807, 2.05) is 4.90 Å². The van der Waals surface area contributed by atoms with Crippen LogP contribution in [0.4, 0.5) is 5.00 Å². The summed E-state index contributed by atoms with van der Waals surface area (Å²) in [7, 11) is 1.51. The number of likely N-dealkylation sites (tertiary alicyclic amines) is 1. The maximum absolute atomic E-state index is 12.8. The lowest BCUT2D eigenvalue weighted by atomic mass is 9.97. The molecule has 0 bridgehead atoms. The fraction of sp³-hybridized carbons (Fsp3) is 0.636. The zero-order chi connectivity index (χ0) is 23.7. The summed E-state index contributed by atoms with van der Waals surface area (Å²) < 4.78 is 5.12. The fourth-order valence-electron chi connectivity index (χ4n) is 3.70. The third kappa shape index (κ3) is 6.77. The van der Waals surface area contributed by atoms with Gasteiger partial charge in [-0.1, -0.05) is 13.3 Å². The van der Waals surface area contributed by atoms with Crippen LogP contribution in [0.15, 0.2) is 0 Å². The second-order valence-corrected chi connectivity index (χ2v) is 8.85. The van der Waals surface area contributed by atoms with Gasteiger partial charge in [0.2, 0.25) is 11.8 Å². The average Bonchev–Trinajstić information content (AvgIpc) is 3.09. The SMILES string of the molecule is CCCCNC(=O)C1CCCN(CC(=O)Nc2sc(C(=O)NC)c(C)c2C(=O)OCC)C1. The first kappa shape index (κ1) is 25.8. The van der Waals surface area contributed by atoms with Gasteiger partial charge in [-0.25, -0.2) is 4.79 Å². The van der Waals surface area contributed by atoms with Crippen molar-refractivity contribution >= 4 is 40.0 Å². The van der Waals surface area contributed by atoms with E-state index >= 15 is 0 Å². The van der Waals surface area contributed by atoms with Crippen LogP contribution >= 0.6 is 11.3 Å². The summed E-state index contributed by atoms with van der Waals surface area (Å²) >= 11 is 1.05. The molecule has 0 radical (unpaired) electrons. The number of piperidine rings is 1. The largest absolute Gasteiger partial charge is 0.462 e. The van der Waals surface area contributed by atoms with Crippen LogP contribution < -0.4 is 16.0 Å². The summed E-state index contributed by atoms with van der Waals surface area (Å²) in [4.78, 5) is 52.1. The lowest BCUT2D eigenvalue weighted by Gasteiger charge is -2.31. The zero-order valence-electron chi connectivity index (χ0n) is 19.3. The molecule has 2 heterocycles. The van der Waals surface area contributed by atoms with Gasteiger partial charge < -0.3 is 20.7 Å². The number of nitrogens with zero attached hydrogens (tertiary/aromatic N) is 1. The number of rotatable bonds is 10. The predicted octanol–water partition coefficient (Wildman–Crippen LogP) is 2.16. The van der Waals surface area contributed by atoms with Gasteiger partial charge in [0.05, 0.1) is 29.5 Å². The van der Waals surface area contributed by atoms with E-state index in [9.17, 15) is 19.2 Å². The molecule has 1 aliphatic heterocycles. The van der Waals surface area contributed by atoms with Crippen molar-refractivity contribution in [2.75, 3.05) is 45.2 Å². The number of hydrogen-bond acceptors (Lipinski definition) is 7. The summed E-state index contributed by atoms with van der Waals surface area (Å²) in [6.07, 6.45) is 3.62. The van der Waals surface area contributed by atoms with Crippen LogP contribution in [-0.2, 0) is 14.3 Å². The Bertz CT molecular complexity index is 839. The maximum atomic E-state index is 12.8. The molecule has 9 nitrogen and oxygen atoms in total. The van der Waals surface area contributed by atoms with Crippen molar-refractivity contribution in [3.8, 4) is 0 Å². The van der Waals surface area contributed by atoms with Crippen molar-refractivity contribution in [1.29, 1.82) is 0 Å². The molecule has 0 saturated carbocycles. The average molecular weight is 467 g/mol. The quantitative estimate of drug-likeness (QED) is 0.359. The number of amides is 3. The standard InChI is InChI=1S/C22H34N4O5S/c1-5-7-10-24-19(28)15-9-8-11-26(12-15)13-16(27)25-21-17(22(30)31-6-2)14(3)18(32-21)20(29)23-4/h15H,5-13H2,1-4H3,(H,23,29)(H,24,28)(H,25,27). The first-order valence-electron chi connectivity index (χ1n) is 11.1. The van der Waals surface area contributed by atoms with E-state index in [1.54, 1.807) is 13.8 Å². The molecule has 1 unspecified atom stereocenters. The second kappa shape index (κ2) is 12.5. The molecule has 1 fully saturated rings. The van der Waals surface area contributed by atoms with E-state index in [0.29, 0.717) is 28.5 Å². The molecule has 1 saturated heterocycles. The van der Waals surface area contributed by atoms with Crippen LogP contribution in [0.1, 0.15) is 65.1 Å². The highest BCUT2D eigenvalue weighted by Gasteiger charge is 2.29. The molecule has 0 spiro atoms. The maximum Gasteiger partial charge on any atom is 0.341 e. The molecule has 10 heteroatoms. The molecular formula is C22H34N4O5S. The Kier molecular flexibility index (Phi) is 10.1. The summed E-state index contributed by atoms with van der Waals surface area (Å²) in [5, 5.41) is 8.60. The minimum absolute atomic E-state index is 0.0391. The van der Waals surface area contributed by atoms with Gasteiger partial charge in [0, 0.05) is 20.1 Å². The number of anilines is 1. The molecule has 0 aromatic carbocycles. The van der Waals surface area contributed by atoms with Crippen LogP contribution in [0.2, 0.25) is 0 Å². The summed E-state index contributed by atoms with van der Waals surface area (Å²) in [6.45, 7) is 7.64. The van der Waals surface area contributed by atoms with Crippen molar-refractivity contribution in [3.05, 3.63) is 16.0 Å². The molecule has 2 rings (SSSR count). The van der Waals surface area contributed by atoms with E-state index in [4.69, 9.17) is 4.74 Å². The number of carbonyl (C=O) groups excluding carboxylic acids is 4. The lowest BCUT2D eigenvalue weighted by Crippen LogP contribution is -2.45. The van der Waals surface area contributed by atoms with E-state index in [1.165, 1.54) is 7.05 Å². The van der Waals surface area contributed by atoms with Gasteiger partial charge in [0.25, 0.3) is 5.91 Å². The molecular weight excluding hydrogens is 432 g/mol. The van der Waals surface area contributed by atoms with E-state index < -0.39 is 5.97 Å². The molecule has 1 aromatic rings. The van der Waals surface area contributed by atoms with Crippen LogP contribution in [0.3, 0.4) is 0 Å². The Morgan fingerprint density at radius 1 is 1.22 bits per heavy atom. The number of unbranched alkanes of at least 4 members (excludes halogenated alkanes) is 1. The third-order valence-corrected chi connectivity index (χ3v) is 6.59. The molecule has 1 aliphatic rings. The fourth-order valence-corrected chi connectivity index (χ4v) is 4.85. The number of hydrogen-bond donors (Lipinski definition) is 3. The Balaban J connectivity index is 2.06. The molecule has 32 heavy (non-hydrogen) atoms. The minimum Gasteiger partial charge on any atom is -0.462 e. The number of nitrogens with one attached hydrogen (secondary N) is 3. The monoisotopic (exact) mass is 466 g/mol. The molecule has 1 atom stereocenters. The molecule has 1 aromatic heterocycles. The number of ether oxygens (including phenoxy) is 1. The summed E-state index contributed by atoms with van der Waals surface area (Å²) in [5.74, 6) is -1.29. The topological polar surface area (TPSA) is 117 Å². The Labute approximate surface area is 193 Å². The third-order valence-electron chi connectivity index (χ3n) is 5.39. The van der Waals surface area contributed by atoms with Crippen molar-refractivity contribution in [1.82, 2.24) is 15.5 Å². The highest BCUT2D eigenvalue weighted by Crippen LogP contribution is 2.34. The Hall–Kier alpha value is -2.46. The summed E-state index contributed by atoms with van der Waals surface area (Å²) in [5.41, 5.74) is 0.681. The molecule has 0 aliphatic carbocycles. The highest BCUT2D eigenvalue weighted by molar-refractivity contribution is 7.18. The van der Waals surface area contributed by atoms with Crippen LogP contribution in [0.5, 0.6) is 0 Å². The number of thiophene rings is 1. The van der Waals surface area contributed by atoms with Crippen LogP contribution in [0, 0.1) is 12.8 Å². The first-order chi connectivity index (χ1) is 15.3. The van der Waals surface area contributed by atoms with E-state index in [0.717, 1.165) is 43.6 Å². The number of carbonyl (C=O) groups is 4. The van der Waals surface area contributed by atoms with E-state index in [2.05, 4.69) is 22.9 Å². The van der Waals surface area contributed by atoms with Crippen molar-refractivity contribution in [3.63, 3.8) is 0 Å². The zero-order valence-corrected chi connectivity index (χ0v) is 20.2. The Morgan fingerprint density at radius 3 is 2.62 bits per heavy atom. The number of esters is 1. The van der Waals surface area contributed by atoms with Crippen molar-refractivity contribution < 1.29 is 23.9 Å². The first-order valence-corrected chi connectivity index (χ1v) is 12.0. The van der Waals surface area contributed by atoms with Crippen LogP contribution in [-0.4, -0.2) is 68.4 Å². The van der Waals surface area contributed by atoms with Gasteiger partial charge in [-0.05, 0) is 45.2 Å². The predicted molar refractivity (Wildman–Crippen MR) is 124 cm³/mol. The lowest BCUT2D eigenvalue weighted by molar-refractivity contribution is -0.127. The molecule has 178 valence electrons. The van der Waals surface area contributed by atoms with Crippen molar-refractivity contribution in [2.24, 2.45) is 5.92 Å². The molecule has 3 amide bonds. The van der Waals surface area contributed by atoms with Gasteiger partial charge in [-0.15, -0.1) is 11.3 Å². The highest BCUT2D eigenvalue weighted by atomic mass is 32.1. The smallest absolute Gasteiger partial charge is 0.341 e. The van der Waals surface area contributed by atoms with Crippen molar-refractivity contribution in [2.45, 2.75) is 46.5 Å². The van der Waals surface area contributed by atoms with Gasteiger partial charge in [-0.2, -0.15) is 0 Å². The Morgan fingerprint density at radius 2 is 1.97 bits per heavy atom. The van der Waals surface area contributed by atoms with Gasteiger partial charge in [0.15, 0.2) is 0 Å². The summed E-state index contributed by atoms with van der Waals surface area (Å²) in [6, 6.07) is 0. The normalized spacial score (nSPS) is 16.3. The van der Waals surface area contributed by atoms with Crippen LogP contribution in [0.25, 0.3) is 0 Å². The van der Waals surface area contributed by atoms with Gasteiger partial charge >= 0.3 is 5.97 Å². The molecule has 3 N–H and O–H groups in total. The van der Waals surface area contributed by atoms with Gasteiger partial charge in [0.1, 0.15) is 5.00 Å². The second-order valence-electron chi connectivity index (χ2n) is 7.83.